The van der Waals surface area contributed by atoms with Gasteiger partial charge < -0.3 is 5.32 Å². The zero-order chi connectivity index (χ0) is 14.6. The van der Waals surface area contributed by atoms with Crippen molar-refractivity contribution in [2.75, 3.05) is 13.1 Å². The van der Waals surface area contributed by atoms with E-state index in [0.29, 0.717) is 5.56 Å². The van der Waals surface area contributed by atoms with Crippen LogP contribution in [0.25, 0.3) is 0 Å². The Balaban J connectivity index is 1.97. The molecule has 1 fully saturated rings. The first-order valence-corrected chi connectivity index (χ1v) is 7.01. The standard InChI is InChI=1S/C16H21FN2O/c1-16(2)8-5-9-19-15(16)14(20)11-18-10-12-6-3-4-7-13(12)17/h3-4,6-7,10,15,19H,5,8-9,11H2,1-2H3. The fourth-order valence-corrected chi connectivity index (χ4v) is 2.67. The van der Waals surface area contributed by atoms with Crippen LogP contribution in [-0.2, 0) is 4.79 Å². The molecule has 20 heavy (non-hydrogen) atoms. The second-order valence-corrected chi connectivity index (χ2v) is 5.94. The molecule has 1 saturated heterocycles. The van der Waals surface area contributed by atoms with Gasteiger partial charge >= 0.3 is 0 Å². The number of carbonyl (C=O) groups excluding carboxylic acids is 1. The van der Waals surface area contributed by atoms with Crippen molar-refractivity contribution in [3.8, 4) is 0 Å². The molecule has 0 aromatic heterocycles. The van der Waals surface area contributed by atoms with Gasteiger partial charge in [-0.2, -0.15) is 0 Å². The molecule has 0 spiro atoms. The smallest absolute Gasteiger partial charge is 0.171 e. The van der Waals surface area contributed by atoms with Crippen LogP contribution < -0.4 is 5.32 Å². The summed E-state index contributed by atoms with van der Waals surface area (Å²) in [6.07, 6.45) is 3.56. The molecule has 2 rings (SSSR count). The number of halogens is 1. The van der Waals surface area contributed by atoms with Crippen LogP contribution in [-0.4, -0.2) is 31.1 Å². The Morgan fingerprint density at radius 2 is 2.25 bits per heavy atom. The summed E-state index contributed by atoms with van der Waals surface area (Å²) in [6.45, 7) is 5.16. The third-order valence-corrected chi connectivity index (χ3v) is 3.83. The van der Waals surface area contributed by atoms with Crippen molar-refractivity contribution in [2.24, 2.45) is 10.4 Å². The number of rotatable bonds is 4. The predicted octanol–water partition coefficient (Wildman–Crippen LogP) is 2.59. The molecule has 1 N–H and O–H groups in total. The van der Waals surface area contributed by atoms with Gasteiger partial charge in [0.1, 0.15) is 5.82 Å². The van der Waals surface area contributed by atoms with Gasteiger partial charge in [-0.05, 0) is 30.9 Å². The van der Waals surface area contributed by atoms with E-state index in [1.807, 2.05) is 0 Å². The molecule has 1 unspecified atom stereocenters. The van der Waals surface area contributed by atoms with Gasteiger partial charge in [-0.1, -0.05) is 32.0 Å². The predicted molar refractivity (Wildman–Crippen MR) is 78.7 cm³/mol. The second-order valence-electron chi connectivity index (χ2n) is 5.94. The van der Waals surface area contributed by atoms with Crippen molar-refractivity contribution in [2.45, 2.75) is 32.7 Å². The molecule has 0 saturated carbocycles. The second kappa shape index (κ2) is 6.27. The number of aliphatic imine (C=N–C) groups is 1. The number of Topliss-reactive ketones (excluding diaryl/α,β-unsaturated/α-hetero) is 1. The van der Waals surface area contributed by atoms with Gasteiger partial charge in [0.2, 0.25) is 0 Å². The maximum atomic E-state index is 13.4. The van der Waals surface area contributed by atoms with Crippen molar-refractivity contribution < 1.29 is 9.18 Å². The van der Waals surface area contributed by atoms with Crippen LogP contribution in [0.3, 0.4) is 0 Å². The fraction of sp³-hybridized carbons (Fsp3) is 0.500. The van der Waals surface area contributed by atoms with Gasteiger partial charge in [-0.15, -0.1) is 0 Å². The van der Waals surface area contributed by atoms with E-state index in [-0.39, 0.29) is 29.6 Å². The number of nitrogens with one attached hydrogen (secondary N) is 1. The highest BCUT2D eigenvalue weighted by atomic mass is 19.1. The highest BCUT2D eigenvalue weighted by Crippen LogP contribution is 2.30. The zero-order valence-corrected chi connectivity index (χ0v) is 12.0. The van der Waals surface area contributed by atoms with Crippen molar-refractivity contribution in [3.05, 3.63) is 35.6 Å². The molecular formula is C16H21FN2O. The average molecular weight is 276 g/mol. The van der Waals surface area contributed by atoms with Crippen LogP contribution in [0, 0.1) is 11.2 Å². The molecule has 1 aliphatic rings. The molecule has 1 atom stereocenters. The quantitative estimate of drug-likeness (QED) is 0.859. The lowest BCUT2D eigenvalue weighted by molar-refractivity contribution is -0.123. The minimum absolute atomic E-state index is 0.0388. The van der Waals surface area contributed by atoms with E-state index < -0.39 is 0 Å². The van der Waals surface area contributed by atoms with Gasteiger partial charge in [-0.3, -0.25) is 9.79 Å². The minimum atomic E-state index is -0.320. The Hall–Kier alpha value is -1.55. The monoisotopic (exact) mass is 276 g/mol. The molecule has 0 bridgehead atoms. The maximum Gasteiger partial charge on any atom is 0.171 e. The van der Waals surface area contributed by atoms with Crippen LogP contribution in [0.2, 0.25) is 0 Å². The number of benzene rings is 1. The number of nitrogens with zero attached hydrogens (tertiary/aromatic N) is 1. The van der Waals surface area contributed by atoms with Crippen molar-refractivity contribution in [3.63, 3.8) is 0 Å². The van der Waals surface area contributed by atoms with Crippen LogP contribution in [0.15, 0.2) is 29.3 Å². The van der Waals surface area contributed by atoms with E-state index in [1.54, 1.807) is 18.2 Å². The lowest BCUT2D eigenvalue weighted by atomic mass is 9.76. The first-order chi connectivity index (χ1) is 9.50. The summed E-state index contributed by atoms with van der Waals surface area (Å²) in [7, 11) is 0. The van der Waals surface area contributed by atoms with Gasteiger partial charge in [0.25, 0.3) is 0 Å². The fourth-order valence-electron chi connectivity index (χ4n) is 2.67. The number of hydrogen-bond acceptors (Lipinski definition) is 3. The molecule has 1 aromatic carbocycles. The average Bonchev–Trinajstić information content (AvgIpc) is 2.40. The summed E-state index contributed by atoms with van der Waals surface area (Å²) in [5, 5.41) is 3.27. The van der Waals surface area contributed by atoms with Gasteiger partial charge in [0.15, 0.2) is 5.78 Å². The Labute approximate surface area is 119 Å². The maximum absolute atomic E-state index is 13.4. The molecule has 1 aliphatic heterocycles. The summed E-state index contributed by atoms with van der Waals surface area (Å²) < 4.78 is 13.4. The highest BCUT2D eigenvalue weighted by molar-refractivity contribution is 5.89. The summed E-state index contributed by atoms with van der Waals surface area (Å²) in [6, 6.07) is 6.25. The SMILES string of the molecule is CC1(C)CCCNC1C(=O)CN=Cc1ccccc1F. The van der Waals surface area contributed by atoms with Crippen molar-refractivity contribution in [1.82, 2.24) is 5.32 Å². The van der Waals surface area contributed by atoms with Crippen LogP contribution >= 0.6 is 0 Å². The van der Waals surface area contributed by atoms with Crippen LogP contribution in [0.4, 0.5) is 4.39 Å². The molecule has 1 aromatic rings. The Bertz CT molecular complexity index is 511. The molecule has 3 nitrogen and oxygen atoms in total. The first kappa shape index (κ1) is 14.9. The Kier molecular flexibility index (Phi) is 4.65. The van der Waals surface area contributed by atoms with Crippen molar-refractivity contribution in [1.29, 1.82) is 0 Å². The summed E-state index contributed by atoms with van der Waals surface area (Å²) in [5.41, 5.74) is 0.374. The zero-order valence-electron chi connectivity index (χ0n) is 12.0. The normalized spacial score (nSPS) is 22.1. The number of piperidine rings is 1. The van der Waals surface area contributed by atoms with Crippen LogP contribution in [0.1, 0.15) is 32.3 Å². The minimum Gasteiger partial charge on any atom is -0.307 e. The molecule has 1 heterocycles. The largest absolute Gasteiger partial charge is 0.307 e. The molecule has 4 heteroatoms. The van der Waals surface area contributed by atoms with Gasteiger partial charge in [0, 0.05) is 11.8 Å². The third-order valence-electron chi connectivity index (χ3n) is 3.83. The van der Waals surface area contributed by atoms with E-state index in [1.165, 1.54) is 12.3 Å². The van der Waals surface area contributed by atoms with E-state index in [9.17, 15) is 9.18 Å². The highest BCUT2D eigenvalue weighted by Gasteiger charge is 2.36. The number of ketones is 1. The lowest BCUT2D eigenvalue weighted by Crippen LogP contribution is -2.52. The number of hydrogen-bond donors (Lipinski definition) is 1. The van der Waals surface area contributed by atoms with E-state index in [0.717, 1.165) is 19.4 Å². The van der Waals surface area contributed by atoms with Gasteiger partial charge in [-0.25, -0.2) is 4.39 Å². The molecule has 108 valence electrons. The summed E-state index contributed by atoms with van der Waals surface area (Å²) >= 11 is 0. The molecule has 0 aliphatic carbocycles. The lowest BCUT2D eigenvalue weighted by Gasteiger charge is -2.38. The Morgan fingerprint density at radius 3 is 2.95 bits per heavy atom. The van der Waals surface area contributed by atoms with Crippen LogP contribution in [0.5, 0.6) is 0 Å². The van der Waals surface area contributed by atoms with Crippen molar-refractivity contribution >= 4 is 12.0 Å². The topological polar surface area (TPSA) is 41.5 Å². The third kappa shape index (κ3) is 3.51. The summed E-state index contributed by atoms with van der Waals surface area (Å²) in [4.78, 5) is 16.3. The van der Waals surface area contributed by atoms with E-state index in [4.69, 9.17) is 0 Å². The molecule has 0 amide bonds. The molecule has 0 radical (unpaired) electrons. The van der Waals surface area contributed by atoms with E-state index >= 15 is 0 Å². The Morgan fingerprint density at radius 1 is 1.50 bits per heavy atom. The summed E-state index contributed by atoms with van der Waals surface area (Å²) in [5.74, 6) is -0.248. The number of carbonyl (C=O) groups is 1. The first-order valence-electron chi connectivity index (χ1n) is 7.01. The molecular weight excluding hydrogens is 255 g/mol. The van der Waals surface area contributed by atoms with Gasteiger partial charge in [0.05, 0.1) is 12.6 Å². The van der Waals surface area contributed by atoms with E-state index in [2.05, 4.69) is 24.2 Å².